The molecule has 2 unspecified atom stereocenters. The van der Waals surface area contributed by atoms with E-state index >= 15 is 0 Å². The van der Waals surface area contributed by atoms with Gasteiger partial charge in [0.15, 0.2) is 11.2 Å². The van der Waals surface area contributed by atoms with Gasteiger partial charge >= 0.3 is 5.69 Å². The molecule has 33 heavy (non-hydrogen) atoms. The molecule has 0 bridgehead atoms. The van der Waals surface area contributed by atoms with E-state index in [4.69, 9.17) is 4.74 Å². The topological polar surface area (TPSA) is 200 Å². The van der Waals surface area contributed by atoms with E-state index in [9.17, 15) is 24.3 Å². The van der Waals surface area contributed by atoms with Gasteiger partial charge in [-0.1, -0.05) is 0 Å². The molecule has 14 nitrogen and oxygen atoms in total. The Labute approximate surface area is 184 Å². The van der Waals surface area contributed by atoms with Gasteiger partial charge in [-0.05, 0) is 18.9 Å². The Hall–Kier alpha value is -4.04. The molecular formula is C19H22N8O6. The number of ether oxygens (including phenoxy) is 1. The molecule has 0 radical (unpaired) electrons. The molecule has 1 amide bonds. The average Bonchev–Trinajstić information content (AvgIpc) is 3.46. The molecule has 4 rings (SSSR count). The second kappa shape index (κ2) is 9.62. The smallest absolute Gasteiger partial charge is 0.330 e. The maximum atomic E-state index is 12.1. The van der Waals surface area contributed by atoms with Gasteiger partial charge in [-0.2, -0.15) is 4.98 Å². The van der Waals surface area contributed by atoms with Crippen molar-refractivity contribution in [3.63, 3.8) is 0 Å². The molecule has 3 aromatic heterocycles. The molecule has 0 aliphatic carbocycles. The lowest BCUT2D eigenvalue weighted by atomic mass is 10.2. The maximum absolute atomic E-state index is 12.1. The maximum Gasteiger partial charge on any atom is 0.330 e. The number of aliphatic hydroxyl groups is 1. The largest absolute Gasteiger partial charge is 0.394 e. The van der Waals surface area contributed by atoms with Gasteiger partial charge in [0.2, 0.25) is 11.9 Å². The number of H-pyrrole nitrogens is 3. The molecule has 4 heterocycles. The van der Waals surface area contributed by atoms with Crippen LogP contribution in [-0.2, 0) is 9.53 Å². The Morgan fingerprint density at radius 3 is 2.88 bits per heavy atom. The van der Waals surface area contributed by atoms with Crippen molar-refractivity contribution in [2.24, 2.45) is 0 Å². The normalized spacial score (nSPS) is 18.2. The minimum atomic E-state index is -0.637. The number of aromatic nitrogens is 6. The van der Waals surface area contributed by atoms with Crippen molar-refractivity contribution in [1.82, 2.24) is 34.8 Å². The number of carbonyl (C=O) groups is 1. The predicted molar refractivity (Wildman–Crippen MR) is 117 cm³/mol. The number of hydrogen-bond acceptors (Lipinski definition) is 9. The van der Waals surface area contributed by atoms with Gasteiger partial charge < -0.3 is 25.5 Å². The van der Waals surface area contributed by atoms with Crippen LogP contribution in [-0.4, -0.2) is 66.3 Å². The van der Waals surface area contributed by atoms with Crippen molar-refractivity contribution >= 4 is 29.1 Å². The van der Waals surface area contributed by atoms with E-state index in [2.05, 4.69) is 35.6 Å². The zero-order valence-corrected chi connectivity index (χ0v) is 17.3. The van der Waals surface area contributed by atoms with Crippen LogP contribution >= 0.6 is 0 Å². The number of aliphatic hydroxyl groups excluding tert-OH is 1. The van der Waals surface area contributed by atoms with Crippen LogP contribution in [0.3, 0.4) is 0 Å². The molecule has 1 aliphatic heterocycles. The van der Waals surface area contributed by atoms with E-state index in [0.717, 1.165) is 0 Å². The second-order valence-corrected chi connectivity index (χ2v) is 7.29. The summed E-state index contributed by atoms with van der Waals surface area (Å²) in [6.45, 7) is 0.328. The van der Waals surface area contributed by atoms with Gasteiger partial charge in [0.1, 0.15) is 6.23 Å². The molecule has 174 valence electrons. The van der Waals surface area contributed by atoms with E-state index < -0.39 is 23.4 Å². The van der Waals surface area contributed by atoms with Crippen LogP contribution in [0.15, 0.2) is 33.0 Å². The van der Waals surface area contributed by atoms with Gasteiger partial charge in [0, 0.05) is 25.4 Å². The molecule has 14 heteroatoms. The first-order valence-corrected chi connectivity index (χ1v) is 10.2. The average molecular weight is 458 g/mol. The summed E-state index contributed by atoms with van der Waals surface area (Å²) in [5.41, 5.74) is -0.984. The summed E-state index contributed by atoms with van der Waals surface area (Å²) in [5, 5.41) is 14.7. The number of rotatable bonds is 8. The first kappa shape index (κ1) is 22.2. The Balaban J connectivity index is 1.32. The van der Waals surface area contributed by atoms with Gasteiger partial charge in [-0.3, -0.25) is 28.9 Å². The van der Waals surface area contributed by atoms with Crippen molar-refractivity contribution < 1.29 is 14.6 Å². The number of hydrogen-bond donors (Lipinski definition) is 6. The SMILES string of the molecule is O=C(/C=C/c1cn(C2CCC(CO)O2)c(=O)[nH]c1=O)NCCNc1nc2nc[nH]c2c(=O)[nH]1. The van der Waals surface area contributed by atoms with Gasteiger partial charge in [-0.15, -0.1) is 0 Å². The highest BCUT2D eigenvalue weighted by Crippen LogP contribution is 2.26. The number of fused-ring (bicyclic) bond motifs is 1. The van der Waals surface area contributed by atoms with Crippen LogP contribution in [0.1, 0.15) is 24.6 Å². The third kappa shape index (κ3) is 5.07. The summed E-state index contributed by atoms with van der Waals surface area (Å²) in [6.07, 6.45) is 5.30. The van der Waals surface area contributed by atoms with Crippen molar-refractivity contribution in [1.29, 1.82) is 0 Å². The summed E-state index contributed by atoms with van der Waals surface area (Å²) in [7, 11) is 0. The third-order valence-electron chi connectivity index (χ3n) is 5.02. The molecule has 3 aromatic rings. The summed E-state index contributed by atoms with van der Waals surface area (Å²) in [6, 6.07) is 0. The summed E-state index contributed by atoms with van der Waals surface area (Å²) < 4.78 is 6.81. The van der Waals surface area contributed by atoms with Crippen LogP contribution in [0, 0.1) is 0 Å². The van der Waals surface area contributed by atoms with E-state index in [1.807, 2.05) is 0 Å². The lowest BCUT2D eigenvalue weighted by Crippen LogP contribution is -2.33. The monoisotopic (exact) mass is 458 g/mol. The molecule has 0 spiro atoms. The van der Waals surface area contributed by atoms with E-state index in [1.165, 1.54) is 29.2 Å². The molecule has 1 fully saturated rings. The van der Waals surface area contributed by atoms with Crippen molar-refractivity contribution in [3.05, 3.63) is 55.4 Å². The highest BCUT2D eigenvalue weighted by Gasteiger charge is 2.27. The molecule has 2 atom stereocenters. The zero-order chi connectivity index (χ0) is 23.4. The lowest BCUT2D eigenvalue weighted by molar-refractivity contribution is -0.116. The van der Waals surface area contributed by atoms with Crippen LogP contribution < -0.4 is 27.4 Å². The van der Waals surface area contributed by atoms with Crippen LogP contribution in [0.5, 0.6) is 0 Å². The fraction of sp³-hybridized carbons (Fsp3) is 0.368. The lowest BCUT2D eigenvalue weighted by Gasteiger charge is -2.15. The van der Waals surface area contributed by atoms with Gasteiger partial charge in [-0.25, -0.2) is 9.78 Å². The summed E-state index contributed by atoms with van der Waals surface area (Å²) in [4.78, 5) is 63.6. The first-order valence-electron chi connectivity index (χ1n) is 10.2. The number of nitrogens with zero attached hydrogens (tertiary/aromatic N) is 3. The number of imidazole rings is 1. The number of nitrogens with one attached hydrogen (secondary N) is 5. The molecule has 1 aliphatic rings. The van der Waals surface area contributed by atoms with Gasteiger partial charge in [0.25, 0.3) is 11.1 Å². The van der Waals surface area contributed by atoms with Crippen LogP contribution in [0.2, 0.25) is 0 Å². The number of aromatic amines is 3. The molecule has 0 saturated carbocycles. The highest BCUT2D eigenvalue weighted by molar-refractivity contribution is 5.91. The summed E-state index contributed by atoms with van der Waals surface area (Å²) in [5.74, 6) is -0.244. The Kier molecular flexibility index (Phi) is 6.46. The highest BCUT2D eigenvalue weighted by atomic mass is 16.5. The summed E-state index contributed by atoms with van der Waals surface area (Å²) >= 11 is 0. The Morgan fingerprint density at radius 1 is 1.24 bits per heavy atom. The first-order chi connectivity index (χ1) is 15.9. The second-order valence-electron chi connectivity index (χ2n) is 7.29. The minimum absolute atomic E-state index is 0.105. The van der Waals surface area contributed by atoms with E-state index in [0.29, 0.717) is 12.8 Å². The molecular weight excluding hydrogens is 436 g/mol. The zero-order valence-electron chi connectivity index (χ0n) is 17.3. The quantitative estimate of drug-likeness (QED) is 0.170. The molecule has 1 saturated heterocycles. The predicted octanol–water partition coefficient (Wildman–Crippen LogP) is -1.59. The molecule has 0 aromatic carbocycles. The Bertz CT molecular complexity index is 1350. The number of anilines is 1. The fourth-order valence-corrected chi connectivity index (χ4v) is 3.38. The van der Waals surface area contributed by atoms with Crippen LogP contribution in [0.4, 0.5) is 5.95 Å². The number of carbonyl (C=O) groups excluding carboxylic acids is 1. The van der Waals surface area contributed by atoms with Crippen LogP contribution in [0.25, 0.3) is 17.2 Å². The van der Waals surface area contributed by atoms with Crippen molar-refractivity contribution in [3.8, 4) is 0 Å². The van der Waals surface area contributed by atoms with Crippen molar-refractivity contribution in [2.75, 3.05) is 25.0 Å². The number of amides is 1. The standard InChI is InChI=1S/C19H22N8O6/c28-8-11-2-4-13(33-11)27-7-10(16(30)26-19(27)32)1-3-12(29)20-5-6-21-18-24-15-14(17(31)25-18)22-9-23-15/h1,3,7,9,11,13,28H,2,4-6,8H2,(H,20,29)(H,26,30,32)(H3,21,22,23,24,25,31)/b3-1+. The molecule has 6 N–H and O–H groups in total. The Morgan fingerprint density at radius 2 is 2.09 bits per heavy atom. The third-order valence-corrected chi connectivity index (χ3v) is 5.02. The fourth-order valence-electron chi connectivity index (χ4n) is 3.38. The minimum Gasteiger partial charge on any atom is -0.394 e. The van der Waals surface area contributed by atoms with Gasteiger partial charge in [0.05, 0.1) is 24.6 Å². The van der Waals surface area contributed by atoms with Crippen molar-refractivity contribution in [2.45, 2.75) is 25.2 Å². The van der Waals surface area contributed by atoms with E-state index in [1.54, 1.807) is 0 Å². The van der Waals surface area contributed by atoms with E-state index in [-0.39, 0.29) is 54.0 Å².